The smallest absolute Gasteiger partial charge is 0.200 e. The van der Waals surface area contributed by atoms with Gasteiger partial charge < -0.3 is 10.6 Å². The number of para-hydroxylation sites is 2. The van der Waals surface area contributed by atoms with E-state index in [-0.39, 0.29) is 17.9 Å². The topological polar surface area (TPSA) is 66.9 Å². The first-order chi connectivity index (χ1) is 20.7. The lowest BCUT2D eigenvalue weighted by molar-refractivity contribution is 0.103. The van der Waals surface area contributed by atoms with Gasteiger partial charge in [0.25, 0.3) is 0 Å². The first-order valence-electron chi connectivity index (χ1n) is 13.9. The molecule has 2 atom stereocenters. The van der Waals surface area contributed by atoms with Crippen molar-refractivity contribution in [1.82, 2.24) is 9.97 Å². The number of hydrogen-bond donors (Lipinski definition) is 2. The van der Waals surface area contributed by atoms with Crippen LogP contribution in [0.15, 0.2) is 147 Å². The Morgan fingerprint density at radius 2 is 0.952 bits per heavy atom. The van der Waals surface area contributed by atoms with Crippen LogP contribution in [0.25, 0.3) is 21.8 Å². The molecule has 2 unspecified atom stereocenters. The van der Waals surface area contributed by atoms with Crippen molar-refractivity contribution < 1.29 is 4.79 Å². The molecule has 0 aliphatic rings. The number of rotatable bonds is 10. The Bertz CT molecular complexity index is 1760. The molecule has 2 aromatic heterocycles. The zero-order valence-corrected chi connectivity index (χ0v) is 23.1. The van der Waals surface area contributed by atoms with E-state index in [4.69, 9.17) is 0 Å². The average Bonchev–Trinajstić information content (AvgIpc) is 3.06. The number of ketones is 1. The first kappa shape index (κ1) is 26.7. The van der Waals surface area contributed by atoms with Crippen molar-refractivity contribution in [2.24, 2.45) is 0 Å². The second-order valence-corrected chi connectivity index (χ2v) is 9.99. The van der Waals surface area contributed by atoms with Gasteiger partial charge in [-0.05, 0) is 23.3 Å². The SMILES string of the molecule is C=CC(Nc1c(C(=O)c2cnc3ccccc3c2NC(C=C)c2ccccc2)cnc2ccccc12)c1ccccc1. The van der Waals surface area contributed by atoms with Crippen molar-refractivity contribution >= 4 is 39.0 Å². The number of nitrogens with one attached hydrogen (secondary N) is 2. The van der Waals surface area contributed by atoms with Gasteiger partial charge >= 0.3 is 0 Å². The van der Waals surface area contributed by atoms with Crippen LogP contribution >= 0.6 is 0 Å². The zero-order chi connectivity index (χ0) is 28.9. The molecule has 0 saturated carbocycles. The molecule has 6 rings (SSSR count). The largest absolute Gasteiger partial charge is 0.374 e. The molecule has 0 fully saturated rings. The lowest BCUT2D eigenvalue weighted by Gasteiger charge is -2.23. The molecule has 0 aliphatic carbocycles. The number of fused-ring (bicyclic) bond motifs is 2. The van der Waals surface area contributed by atoms with Gasteiger partial charge in [0.15, 0.2) is 5.78 Å². The summed E-state index contributed by atoms with van der Waals surface area (Å²) < 4.78 is 0. The highest BCUT2D eigenvalue weighted by Crippen LogP contribution is 2.36. The molecule has 5 heteroatoms. The first-order valence-corrected chi connectivity index (χ1v) is 13.9. The van der Waals surface area contributed by atoms with Crippen LogP contribution < -0.4 is 10.6 Å². The predicted molar refractivity (Wildman–Crippen MR) is 173 cm³/mol. The quantitative estimate of drug-likeness (QED) is 0.133. The van der Waals surface area contributed by atoms with Gasteiger partial charge in [0.1, 0.15) is 0 Å². The van der Waals surface area contributed by atoms with Gasteiger partial charge in [-0.2, -0.15) is 0 Å². The van der Waals surface area contributed by atoms with E-state index in [0.717, 1.165) is 32.9 Å². The van der Waals surface area contributed by atoms with Crippen molar-refractivity contribution in [1.29, 1.82) is 0 Å². The standard InChI is InChI=1S/C37H30N4O/c1-3-31(25-15-7-5-8-16-25)40-35-27-19-11-13-21-33(27)38-23-29(35)37(42)30-24-39-34-22-14-12-20-28(34)36(30)41-32(4-2)26-17-9-6-10-18-26/h3-24,31-32H,1-2H2,(H,38,40)(H,39,41). The van der Waals surface area contributed by atoms with Crippen molar-refractivity contribution in [2.45, 2.75) is 12.1 Å². The number of benzene rings is 4. The van der Waals surface area contributed by atoms with Gasteiger partial charge in [-0.15, -0.1) is 13.2 Å². The van der Waals surface area contributed by atoms with Crippen molar-refractivity contribution in [3.8, 4) is 0 Å². The number of anilines is 2. The fraction of sp³-hybridized carbons (Fsp3) is 0.0541. The molecule has 0 bridgehead atoms. The van der Waals surface area contributed by atoms with Crippen LogP contribution in [0.4, 0.5) is 11.4 Å². The minimum atomic E-state index is -0.223. The summed E-state index contributed by atoms with van der Waals surface area (Å²) in [6.07, 6.45) is 6.99. The number of carbonyl (C=O) groups is 1. The molecule has 42 heavy (non-hydrogen) atoms. The monoisotopic (exact) mass is 546 g/mol. The summed E-state index contributed by atoms with van der Waals surface area (Å²) in [5.74, 6) is -0.191. The normalized spacial score (nSPS) is 12.4. The summed E-state index contributed by atoms with van der Waals surface area (Å²) in [5, 5.41) is 8.91. The molecular weight excluding hydrogens is 516 g/mol. The van der Waals surface area contributed by atoms with Crippen LogP contribution in [-0.4, -0.2) is 15.8 Å². The lowest BCUT2D eigenvalue weighted by Crippen LogP contribution is -2.16. The van der Waals surface area contributed by atoms with E-state index < -0.39 is 0 Å². The summed E-state index contributed by atoms with van der Waals surface area (Å²) in [7, 11) is 0. The van der Waals surface area contributed by atoms with Crippen molar-refractivity contribution in [2.75, 3.05) is 10.6 Å². The maximum Gasteiger partial charge on any atom is 0.200 e. The maximum atomic E-state index is 14.6. The maximum absolute atomic E-state index is 14.6. The summed E-state index contributed by atoms with van der Waals surface area (Å²) >= 11 is 0. The Morgan fingerprint density at radius 1 is 0.571 bits per heavy atom. The highest BCUT2D eigenvalue weighted by Gasteiger charge is 2.24. The molecule has 204 valence electrons. The molecule has 0 spiro atoms. The third-order valence-corrected chi connectivity index (χ3v) is 7.43. The van der Waals surface area contributed by atoms with Gasteiger partial charge in [0.05, 0.1) is 45.6 Å². The van der Waals surface area contributed by atoms with Gasteiger partial charge in [0.2, 0.25) is 0 Å². The van der Waals surface area contributed by atoms with Crippen LogP contribution in [0.5, 0.6) is 0 Å². The van der Waals surface area contributed by atoms with Crippen LogP contribution in [0.1, 0.15) is 39.1 Å². The van der Waals surface area contributed by atoms with Gasteiger partial charge in [0, 0.05) is 23.2 Å². The zero-order valence-electron chi connectivity index (χ0n) is 23.1. The molecule has 0 saturated heterocycles. The van der Waals surface area contributed by atoms with Gasteiger partial charge in [-0.25, -0.2) is 0 Å². The van der Waals surface area contributed by atoms with Crippen molar-refractivity contribution in [3.05, 3.63) is 169 Å². The van der Waals surface area contributed by atoms with Crippen molar-refractivity contribution in [3.63, 3.8) is 0 Å². The average molecular weight is 547 g/mol. The summed E-state index contributed by atoms with van der Waals surface area (Å²) in [6, 6.07) is 35.3. The second-order valence-electron chi connectivity index (χ2n) is 9.99. The minimum absolute atomic E-state index is 0.191. The highest BCUT2D eigenvalue weighted by atomic mass is 16.1. The lowest BCUT2D eigenvalue weighted by atomic mass is 9.96. The molecule has 5 nitrogen and oxygen atoms in total. The highest BCUT2D eigenvalue weighted by molar-refractivity contribution is 6.20. The summed E-state index contributed by atoms with van der Waals surface area (Å²) in [4.78, 5) is 23.9. The molecule has 0 radical (unpaired) electrons. The van der Waals surface area contributed by atoms with E-state index in [2.05, 4.69) is 33.8 Å². The predicted octanol–water partition coefficient (Wildman–Crippen LogP) is 8.69. The van der Waals surface area contributed by atoms with E-state index in [1.807, 2.05) is 121 Å². The fourth-order valence-corrected chi connectivity index (χ4v) is 5.27. The van der Waals surface area contributed by atoms with E-state index in [1.165, 1.54) is 0 Å². The second kappa shape index (κ2) is 11.9. The summed E-state index contributed by atoms with van der Waals surface area (Å²) in [6.45, 7) is 8.15. The number of carbonyl (C=O) groups excluding carboxylic acids is 1. The van der Waals surface area contributed by atoms with Gasteiger partial charge in [-0.3, -0.25) is 14.8 Å². The molecule has 0 aliphatic heterocycles. The van der Waals surface area contributed by atoms with E-state index in [0.29, 0.717) is 22.5 Å². The number of nitrogens with zero attached hydrogens (tertiary/aromatic N) is 2. The third kappa shape index (κ3) is 5.16. The van der Waals surface area contributed by atoms with Crippen LogP contribution in [0, 0.1) is 0 Å². The molecular formula is C37H30N4O. The number of pyridine rings is 2. The Hall–Kier alpha value is -5.55. The van der Waals surface area contributed by atoms with Crippen LogP contribution in [-0.2, 0) is 0 Å². The Kier molecular flexibility index (Phi) is 7.56. The third-order valence-electron chi connectivity index (χ3n) is 7.43. The molecule has 0 amide bonds. The van der Waals surface area contributed by atoms with E-state index in [1.54, 1.807) is 12.4 Å². The van der Waals surface area contributed by atoms with E-state index >= 15 is 0 Å². The minimum Gasteiger partial charge on any atom is -0.374 e. The molecule has 2 heterocycles. The fourth-order valence-electron chi connectivity index (χ4n) is 5.27. The van der Waals surface area contributed by atoms with Crippen LogP contribution in [0.3, 0.4) is 0 Å². The molecule has 2 N–H and O–H groups in total. The molecule has 6 aromatic rings. The van der Waals surface area contributed by atoms with Gasteiger partial charge in [-0.1, -0.05) is 109 Å². The Morgan fingerprint density at radius 3 is 1.36 bits per heavy atom. The Labute approximate surface area is 245 Å². The Balaban J connectivity index is 1.51. The van der Waals surface area contributed by atoms with Crippen LogP contribution in [0.2, 0.25) is 0 Å². The number of aromatic nitrogens is 2. The molecule has 4 aromatic carbocycles. The number of hydrogen-bond acceptors (Lipinski definition) is 5. The summed E-state index contributed by atoms with van der Waals surface area (Å²) in [5.41, 5.74) is 5.95. The van der Waals surface area contributed by atoms with E-state index in [9.17, 15) is 4.79 Å².